The van der Waals surface area contributed by atoms with Crippen molar-refractivity contribution < 1.29 is 18.3 Å². The maximum Gasteiger partial charge on any atom is 0.433 e. The molecule has 1 rings (SSSR count). The lowest BCUT2D eigenvalue weighted by molar-refractivity contribution is -0.142. The monoisotopic (exact) mass is 223 g/mol. The predicted molar refractivity (Wildman–Crippen MR) is 47.1 cm³/mol. The van der Waals surface area contributed by atoms with Gasteiger partial charge in [0.05, 0.1) is 12.8 Å². The van der Waals surface area contributed by atoms with E-state index in [4.69, 9.17) is 5.11 Å². The maximum absolute atomic E-state index is 12.4. The molecule has 0 radical (unpaired) electrons. The molecule has 15 heavy (non-hydrogen) atoms. The van der Waals surface area contributed by atoms with Gasteiger partial charge in [0.2, 0.25) is 0 Å². The highest BCUT2D eigenvalue weighted by atomic mass is 19.4. The molecule has 0 saturated heterocycles. The number of halogens is 3. The summed E-state index contributed by atoms with van der Waals surface area (Å²) >= 11 is 0. The lowest BCUT2D eigenvalue weighted by Crippen LogP contribution is -2.24. The zero-order valence-corrected chi connectivity index (χ0v) is 8.10. The molecule has 0 saturated carbocycles. The van der Waals surface area contributed by atoms with Gasteiger partial charge in [-0.2, -0.15) is 18.3 Å². The van der Waals surface area contributed by atoms with E-state index in [9.17, 15) is 13.2 Å². The summed E-state index contributed by atoms with van der Waals surface area (Å²) in [6.07, 6.45) is -3.29. The van der Waals surface area contributed by atoms with Crippen LogP contribution in [0.25, 0.3) is 0 Å². The van der Waals surface area contributed by atoms with Crippen LogP contribution >= 0.6 is 0 Å². The molecule has 7 heteroatoms. The summed E-state index contributed by atoms with van der Waals surface area (Å²) in [4.78, 5) is 0. The molecule has 1 unspecified atom stereocenters. The Kier molecular flexibility index (Phi) is 3.70. The number of aliphatic hydroxyl groups is 1. The fraction of sp³-hybridized carbons (Fsp3) is 0.625. The van der Waals surface area contributed by atoms with Crippen molar-refractivity contribution in [1.29, 1.82) is 0 Å². The van der Waals surface area contributed by atoms with E-state index in [0.717, 1.165) is 6.20 Å². The van der Waals surface area contributed by atoms with E-state index in [-0.39, 0.29) is 18.7 Å². The molecule has 0 fully saturated rings. The second-order valence-corrected chi connectivity index (χ2v) is 3.10. The Morgan fingerprint density at radius 2 is 2.27 bits per heavy atom. The highest BCUT2D eigenvalue weighted by Crippen LogP contribution is 2.32. The Labute approximate surface area is 84.5 Å². The summed E-state index contributed by atoms with van der Waals surface area (Å²) in [6.45, 7) is 1.70. The third kappa shape index (κ3) is 2.93. The molecule has 0 aliphatic rings. The van der Waals surface area contributed by atoms with Crippen LogP contribution in [0.1, 0.15) is 24.2 Å². The maximum atomic E-state index is 12.4. The average Bonchev–Trinajstić information content (AvgIpc) is 2.61. The van der Waals surface area contributed by atoms with Crippen molar-refractivity contribution in [3.05, 3.63) is 17.5 Å². The van der Waals surface area contributed by atoms with Crippen LogP contribution in [-0.4, -0.2) is 28.5 Å². The van der Waals surface area contributed by atoms with Gasteiger partial charge in [0.1, 0.15) is 5.69 Å². The zero-order chi connectivity index (χ0) is 11.5. The van der Waals surface area contributed by atoms with Crippen molar-refractivity contribution in [2.75, 3.05) is 13.2 Å². The molecule has 1 aromatic rings. The van der Waals surface area contributed by atoms with Gasteiger partial charge in [-0.1, -0.05) is 0 Å². The lowest BCUT2D eigenvalue weighted by atomic mass is 10.1. The molecule has 0 aromatic carbocycles. The lowest BCUT2D eigenvalue weighted by Gasteiger charge is -2.14. The summed E-state index contributed by atoms with van der Waals surface area (Å²) < 4.78 is 37.2. The van der Waals surface area contributed by atoms with Crippen LogP contribution in [0, 0.1) is 0 Å². The number of aliphatic hydroxyl groups excluding tert-OH is 1. The molecule has 0 amide bonds. The molecule has 1 aromatic heterocycles. The summed E-state index contributed by atoms with van der Waals surface area (Å²) in [7, 11) is 0. The van der Waals surface area contributed by atoms with Gasteiger partial charge in [0.15, 0.2) is 0 Å². The van der Waals surface area contributed by atoms with E-state index in [1.54, 1.807) is 6.92 Å². The Hall–Kier alpha value is -1.08. The van der Waals surface area contributed by atoms with E-state index >= 15 is 0 Å². The van der Waals surface area contributed by atoms with Crippen LogP contribution in [0.15, 0.2) is 6.20 Å². The molecular weight excluding hydrogens is 211 g/mol. The smallest absolute Gasteiger partial charge is 0.395 e. The Morgan fingerprint density at radius 1 is 1.60 bits per heavy atom. The molecule has 4 nitrogen and oxygen atoms in total. The number of H-pyrrole nitrogens is 1. The Balaban J connectivity index is 2.81. The molecule has 3 N–H and O–H groups in total. The summed E-state index contributed by atoms with van der Waals surface area (Å²) in [5.41, 5.74) is -0.795. The number of alkyl halides is 3. The molecule has 0 aliphatic carbocycles. The minimum absolute atomic E-state index is 0.0518. The first kappa shape index (κ1) is 12.0. The summed E-state index contributed by atoms with van der Waals surface area (Å²) in [5, 5.41) is 16.6. The van der Waals surface area contributed by atoms with Crippen LogP contribution in [0.5, 0.6) is 0 Å². The van der Waals surface area contributed by atoms with E-state index in [1.165, 1.54) is 0 Å². The summed E-state index contributed by atoms with van der Waals surface area (Å²) in [5.74, 6) is 0. The number of hydrogen-bond acceptors (Lipinski definition) is 3. The van der Waals surface area contributed by atoms with Gasteiger partial charge in [-0.25, -0.2) is 0 Å². The van der Waals surface area contributed by atoms with Crippen LogP contribution in [0.3, 0.4) is 0 Å². The number of aromatic nitrogens is 2. The van der Waals surface area contributed by atoms with Crippen LogP contribution in [-0.2, 0) is 6.18 Å². The van der Waals surface area contributed by atoms with Crippen LogP contribution in [0.2, 0.25) is 0 Å². The SMILES string of the molecule is CC(NCCO)c1cn[nH]c1C(F)(F)F. The number of rotatable bonds is 4. The van der Waals surface area contributed by atoms with Gasteiger partial charge in [0.25, 0.3) is 0 Å². The highest BCUT2D eigenvalue weighted by molar-refractivity contribution is 5.22. The molecule has 1 atom stereocenters. The largest absolute Gasteiger partial charge is 0.433 e. The number of hydrogen-bond donors (Lipinski definition) is 3. The normalized spacial score (nSPS) is 14.2. The summed E-state index contributed by atoms with van der Waals surface area (Å²) in [6, 6.07) is -0.507. The molecular formula is C8H12F3N3O. The fourth-order valence-corrected chi connectivity index (χ4v) is 1.24. The van der Waals surface area contributed by atoms with Gasteiger partial charge < -0.3 is 10.4 Å². The van der Waals surface area contributed by atoms with Gasteiger partial charge in [-0.3, -0.25) is 5.10 Å². The van der Waals surface area contributed by atoms with E-state index in [0.29, 0.717) is 0 Å². The van der Waals surface area contributed by atoms with Crippen molar-refractivity contribution in [2.24, 2.45) is 0 Å². The first-order valence-electron chi connectivity index (χ1n) is 4.41. The number of aromatic amines is 1. The van der Waals surface area contributed by atoms with Crippen molar-refractivity contribution in [3.63, 3.8) is 0 Å². The van der Waals surface area contributed by atoms with Crippen molar-refractivity contribution in [3.8, 4) is 0 Å². The number of nitrogens with one attached hydrogen (secondary N) is 2. The van der Waals surface area contributed by atoms with Crippen molar-refractivity contribution >= 4 is 0 Å². The molecule has 1 heterocycles. The van der Waals surface area contributed by atoms with Crippen molar-refractivity contribution in [2.45, 2.75) is 19.1 Å². The average molecular weight is 223 g/mol. The standard InChI is InChI=1S/C8H12F3N3O/c1-5(12-2-3-15)6-4-13-14-7(6)8(9,10)11/h4-5,12,15H,2-3H2,1H3,(H,13,14). The van der Waals surface area contributed by atoms with E-state index in [2.05, 4.69) is 10.4 Å². The topological polar surface area (TPSA) is 60.9 Å². The number of nitrogens with zero attached hydrogens (tertiary/aromatic N) is 1. The van der Waals surface area contributed by atoms with Gasteiger partial charge in [0, 0.05) is 18.2 Å². The van der Waals surface area contributed by atoms with Gasteiger partial charge in [-0.05, 0) is 6.92 Å². The zero-order valence-electron chi connectivity index (χ0n) is 8.10. The fourth-order valence-electron chi connectivity index (χ4n) is 1.24. The third-order valence-electron chi connectivity index (χ3n) is 1.98. The second kappa shape index (κ2) is 4.63. The molecule has 0 aliphatic heterocycles. The minimum atomic E-state index is -4.43. The van der Waals surface area contributed by atoms with Crippen LogP contribution in [0.4, 0.5) is 13.2 Å². The Bertz CT molecular complexity index is 310. The van der Waals surface area contributed by atoms with Crippen LogP contribution < -0.4 is 5.32 Å². The molecule has 0 bridgehead atoms. The quantitative estimate of drug-likeness (QED) is 0.715. The van der Waals surface area contributed by atoms with Gasteiger partial charge >= 0.3 is 6.18 Å². The second-order valence-electron chi connectivity index (χ2n) is 3.10. The molecule has 0 spiro atoms. The molecule has 86 valence electrons. The first-order valence-corrected chi connectivity index (χ1v) is 4.41. The third-order valence-corrected chi connectivity index (χ3v) is 1.98. The first-order chi connectivity index (χ1) is 6.96. The highest BCUT2D eigenvalue weighted by Gasteiger charge is 2.36. The van der Waals surface area contributed by atoms with E-state index < -0.39 is 17.9 Å². The predicted octanol–water partition coefficient (Wildman–Crippen LogP) is 1.07. The van der Waals surface area contributed by atoms with E-state index in [1.807, 2.05) is 5.10 Å². The minimum Gasteiger partial charge on any atom is -0.395 e. The van der Waals surface area contributed by atoms with Gasteiger partial charge in [-0.15, -0.1) is 0 Å². The van der Waals surface area contributed by atoms with Crippen molar-refractivity contribution in [1.82, 2.24) is 15.5 Å². The Morgan fingerprint density at radius 3 is 2.80 bits per heavy atom.